The molecule has 0 N–H and O–H groups in total. The second kappa shape index (κ2) is 41.1. The number of non-ortho nitro benzene ring substituents is 5. The molecular formula is C89H97N15O19. The number of nitro groups is 5. The van der Waals surface area contributed by atoms with Crippen molar-refractivity contribution >= 4 is 136 Å². The van der Waals surface area contributed by atoms with Crippen LogP contribution < -0.4 is 32.6 Å². The lowest BCUT2D eigenvalue weighted by atomic mass is 10.1. The van der Waals surface area contributed by atoms with Gasteiger partial charge in [0.1, 0.15) is 5.82 Å². The molecule has 642 valence electrons. The van der Waals surface area contributed by atoms with Crippen molar-refractivity contribution in [3.8, 4) is 0 Å². The first-order valence-corrected chi connectivity index (χ1v) is 39.6. The molecule has 0 atom stereocenters. The number of unbranched alkanes of at least 4 members (excludes halogenated alkanes) is 10. The molecule has 0 fully saturated rings. The van der Waals surface area contributed by atoms with E-state index in [0.29, 0.717) is 97.2 Å². The molecule has 1 aliphatic heterocycles. The van der Waals surface area contributed by atoms with Gasteiger partial charge in [-0.25, -0.2) is 37.4 Å². The summed E-state index contributed by atoms with van der Waals surface area (Å²) in [6.07, 6.45) is 13.2. The number of allylic oxidation sites excluding steroid dienone is 5. The van der Waals surface area contributed by atoms with E-state index in [-0.39, 0.29) is 87.9 Å². The molecule has 11 aromatic rings. The number of fused-ring (bicyclic) bond motifs is 5. The zero-order chi connectivity index (χ0) is 90.9. The van der Waals surface area contributed by atoms with Gasteiger partial charge in [0, 0.05) is 120 Å². The van der Waals surface area contributed by atoms with Crippen molar-refractivity contribution in [1.29, 1.82) is 0 Å². The molecule has 0 saturated heterocycles. The molecule has 0 radical (unpaired) electrons. The summed E-state index contributed by atoms with van der Waals surface area (Å²) >= 11 is 0. The molecule has 7 aromatic carbocycles. The van der Waals surface area contributed by atoms with Crippen LogP contribution in [0.25, 0.3) is 66.9 Å². The number of carbonyl (C=O) groups excluding carboxylic acids is 5. The van der Waals surface area contributed by atoms with Crippen LogP contribution in [-0.2, 0) is 0 Å². The molecule has 34 heteroatoms. The molecule has 1 amide bonds. The van der Waals surface area contributed by atoms with E-state index in [0.717, 1.165) is 100 Å². The number of carbonyl (C=O) groups is 5. The highest BCUT2D eigenvalue weighted by atomic mass is 16.6. The Morgan fingerprint density at radius 2 is 0.577 bits per heavy atom. The van der Waals surface area contributed by atoms with Gasteiger partial charge in [-0.2, -0.15) is 0 Å². The van der Waals surface area contributed by atoms with Crippen molar-refractivity contribution in [1.82, 2.24) is 36.5 Å². The zero-order valence-corrected chi connectivity index (χ0v) is 70.3. The van der Waals surface area contributed by atoms with Crippen molar-refractivity contribution in [2.24, 2.45) is 0 Å². The van der Waals surface area contributed by atoms with Gasteiger partial charge in [0.2, 0.25) is 17.7 Å². The Morgan fingerprint density at radius 1 is 0.309 bits per heavy atom. The smallest absolute Gasteiger partial charge is 0.299 e. The molecule has 1 aliphatic rings. The first-order valence-electron chi connectivity index (χ1n) is 39.6. The van der Waals surface area contributed by atoms with Crippen LogP contribution in [0, 0.1) is 64.4 Å². The fourth-order valence-corrected chi connectivity index (χ4v) is 14.1. The van der Waals surface area contributed by atoms with Crippen LogP contribution in [0.3, 0.4) is 0 Å². The summed E-state index contributed by atoms with van der Waals surface area (Å²) in [6, 6.07) is 34.7. The van der Waals surface area contributed by atoms with Crippen LogP contribution in [0.4, 0.5) is 39.8 Å². The third-order valence-corrected chi connectivity index (χ3v) is 20.1. The molecule has 0 unspecified atom stereocenters. The van der Waals surface area contributed by atoms with E-state index in [2.05, 4.69) is 53.3 Å². The summed E-state index contributed by atoms with van der Waals surface area (Å²) in [5.74, 6) is -1.35. The Labute approximate surface area is 705 Å². The number of imidazole rings is 4. The SMILES string of the molecule is C=C(C)N1C(=C)N(C(=O)c2ccccc2C)c2cc([N+](=O)[O-])ccc21.C=C(C)n1c(=O)n(C(=O)CCCCC)c2cc([N+](=O)[O-])ccc21.C=C(C)n1c(=O)n(C(=O)CCCCCCC)c2cc([N+](=O)[O-])ccc21.C=C(C)n1c(=O)n(C(=O)CCCCCCC)c2ccc([N+](=O)[O-])cc21.C=C(C)n1c(=O)n(C(=O)c2ccccc2C)c2ccc([N+](=O)[O-])cc21. The van der Waals surface area contributed by atoms with Crippen molar-refractivity contribution in [3.05, 3.63) is 305 Å². The number of hydrogen-bond acceptors (Lipinski definition) is 20. The van der Waals surface area contributed by atoms with E-state index in [1.54, 1.807) is 88.9 Å². The van der Waals surface area contributed by atoms with Gasteiger partial charge in [-0.05, 0) is 121 Å². The molecule has 12 rings (SSSR count). The molecule has 0 bridgehead atoms. The number of hydrogen-bond donors (Lipinski definition) is 0. The minimum Gasteiger partial charge on any atom is -0.299 e. The second-order valence-electron chi connectivity index (χ2n) is 29.4. The average Bonchev–Trinajstić information content (AvgIpc) is 1.63. The normalized spacial score (nSPS) is 11.3. The fourth-order valence-electron chi connectivity index (χ4n) is 14.1. The lowest BCUT2D eigenvalue weighted by molar-refractivity contribution is -0.384. The molecule has 0 spiro atoms. The van der Waals surface area contributed by atoms with Gasteiger partial charge in [-0.1, -0.05) is 161 Å². The van der Waals surface area contributed by atoms with Gasteiger partial charge >= 0.3 is 22.8 Å². The van der Waals surface area contributed by atoms with E-state index < -0.39 is 53.3 Å². The quantitative estimate of drug-likeness (QED) is 0.0250. The van der Waals surface area contributed by atoms with Gasteiger partial charge in [-0.3, -0.25) is 103 Å². The van der Waals surface area contributed by atoms with E-state index in [1.165, 1.54) is 108 Å². The fraction of sp³-hybridized carbons (Fsp3) is 0.292. The Hall–Kier alpha value is -15.0. The Morgan fingerprint density at radius 3 is 0.911 bits per heavy atom. The third-order valence-electron chi connectivity index (χ3n) is 20.1. The third kappa shape index (κ3) is 20.7. The number of anilines is 2. The molecular weight excluding hydrogens is 1580 g/mol. The number of amides is 1. The highest BCUT2D eigenvalue weighted by molar-refractivity contribution is 6.14. The highest BCUT2D eigenvalue weighted by Gasteiger charge is 2.37. The Kier molecular flexibility index (Phi) is 31.3. The van der Waals surface area contributed by atoms with Crippen LogP contribution >= 0.6 is 0 Å². The first kappa shape index (κ1) is 93.5. The lowest BCUT2D eigenvalue weighted by Gasteiger charge is -2.23. The molecule has 4 aromatic heterocycles. The standard InChI is InChI=1S/C19H17N3O3.C18H15N3O4.2C18H23N3O4.C16H19N3O4/c1-12(2)20-14(4)21(19(23)16-8-6-5-7-13(16)3)18-11-15(22(24)25)9-10-17(18)20;1-11(2)19-16-10-13(21(24)25)8-9-15(16)20(18(19)23)17(22)14-7-5-4-6-12(14)3;1-4-5-6-7-8-9-17(22)20-15-11-10-14(21(24)25)12-16(15)19(13(2)3)18(20)23;1-4-5-6-7-8-9-17(22)20-16-12-14(21(24)25)10-11-15(16)19(13(2)3)18(20)23;1-4-5-6-7-15(20)18-14-10-12(19(22)23)8-9-13(14)17(11(2)3)16(18)21/h5-11H,1,4H2,2-3H3;4-10H,1H2,2-3H3;2*10-12H,2,4-9H2,1,3H3;8-10H,2,4-7H2,1,3H3. The number of aromatic nitrogens is 8. The van der Waals surface area contributed by atoms with Gasteiger partial charge in [0.25, 0.3) is 40.3 Å². The summed E-state index contributed by atoms with van der Waals surface area (Å²) < 4.78 is 9.26. The predicted molar refractivity (Wildman–Crippen MR) is 477 cm³/mol. The maximum Gasteiger partial charge on any atom is 0.340 e. The Balaban J connectivity index is 0.000000191. The summed E-state index contributed by atoms with van der Waals surface area (Å²) in [5, 5.41) is 55.2. The van der Waals surface area contributed by atoms with Gasteiger partial charge in [0.05, 0.1) is 80.1 Å². The summed E-state index contributed by atoms with van der Waals surface area (Å²) in [4.78, 5) is 170. The second-order valence-corrected chi connectivity index (χ2v) is 29.4. The summed E-state index contributed by atoms with van der Waals surface area (Å²) in [6.45, 7) is 41.1. The lowest BCUT2D eigenvalue weighted by Crippen LogP contribution is -2.32. The molecule has 0 aliphatic carbocycles. The number of nitrogens with zero attached hydrogens (tertiary/aromatic N) is 15. The van der Waals surface area contributed by atoms with Crippen LogP contribution in [-0.4, -0.2) is 90.7 Å². The summed E-state index contributed by atoms with van der Waals surface area (Å²) in [7, 11) is 0. The van der Waals surface area contributed by atoms with Crippen molar-refractivity contribution in [2.75, 3.05) is 9.80 Å². The van der Waals surface area contributed by atoms with Crippen molar-refractivity contribution in [3.63, 3.8) is 0 Å². The Bertz CT molecular complexity index is 6410. The van der Waals surface area contributed by atoms with E-state index in [9.17, 15) is 93.7 Å². The number of rotatable bonds is 28. The molecule has 5 heterocycles. The average molecular weight is 1680 g/mol. The summed E-state index contributed by atoms with van der Waals surface area (Å²) in [5.41, 5.74) is 5.65. The topological polar surface area (TPSA) is 415 Å². The largest absolute Gasteiger partial charge is 0.340 e. The highest BCUT2D eigenvalue weighted by Crippen LogP contribution is 2.46. The predicted octanol–water partition coefficient (Wildman–Crippen LogP) is 19.4. The van der Waals surface area contributed by atoms with E-state index >= 15 is 0 Å². The van der Waals surface area contributed by atoms with Crippen molar-refractivity contribution in [2.45, 2.75) is 172 Å². The van der Waals surface area contributed by atoms with E-state index in [4.69, 9.17) is 0 Å². The molecule has 123 heavy (non-hydrogen) atoms. The van der Waals surface area contributed by atoms with Crippen LogP contribution in [0.15, 0.2) is 210 Å². The first-order chi connectivity index (χ1) is 58.3. The number of nitro benzene ring substituents is 5. The monoisotopic (exact) mass is 1680 g/mol. The molecule has 34 nitrogen and oxygen atoms in total. The van der Waals surface area contributed by atoms with Crippen LogP contribution in [0.1, 0.15) is 204 Å². The number of benzene rings is 7. The minimum absolute atomic E-state index is 0.0855. The van der Waals surface area contributed by atoms with Crippen LogP contribution in [0.2, 0.25) is 0 Å². The number of aryl methyl sites for hydroxylation is 2. The van der Waals surface area contributed by atoms with Gasteiger partial charge < -0.3 is 0 Å². The molecule has 0 saturated carbocycles. The van der Waals surface area contributed by atoms with E-state index in [1.807, 2.05) is 26.0 Å². The van der Waals surface area contributed by atoms with Gasteiger partial charge in [-0.15, -0.1) is 0 Å². The van der Waals surface area contributed by atoms with Crippen molar-refractivity contribution < 1.29 is 48.6 Å². The zero-order valence-electron chi connectivity index (χ0n) is 70.3. The van der Waals surface area contributed by atoms with Crippen LogP contribution in [0.5, 0.6) is 0 Å². The maximum absolute atomic E-state index is 13.1. The maximum atomic E-state index is 13.1. The minimum atomic E-state index is -0.601. The van der Waals surface area contributed by atoms with Gasteiger partial charge in [0.15, 0.2) is 0 Å².